The predicted octanol–water partition coefficient (Wildman–Crippen LogP) is 0.825. The number of hydrogen-bond acceptors (Lipinski definition) is 7. The van der Waals surface area contributed by atoms with Crippen LogP contribution in [0.15, 0.2) is 17.1 Å². The van der Waals surface area contributed by atoms with Crippen molar-refractivity contribution < 1.29 is 19.0 Å². The molecule has 1 atom stereocenters. The molecule has 22 heavy (non-hydrogen) atoms. The van der Waals surface area contributed by atoms with Crippen molar-refractivity contribution in [3.63, 3.8) is 0 Å². The number of benzene rings is 1. The van der Waals surface area contributed by atoms with Gasteiger partial charge in [-0.05, 0) is 18.4 Å². The predicted molar refractivity (Wildman–Crippen MR) is 86.1 cm³/mol. The minimum absolute atomic E-state index is 0.148. The zero-order valence-corrected chi connectivity index (χ0v) is 13.7. The molecule has 1 aromatic rings. The Kier molecular flexibility index (Phi) is 5.37. The van der Waals surface area contributed by atoms with Gasteiger partial charge in [-0.25, -0.2) is 0 Å². The Balaban J connectivity index is 2.43. The first kappa shape index (κ1) is 16.3. The summed E-state index contributed by atoms with van der Waals surface area (Å²) in [6.45, 7) is 0. The lowest BCUT2D eigenvalue weighted by atomic mass is 10.1. The van der Waals surface area contributed by atoms with Crippen LogP contribution >= 0.6 is 11.8 Å². The Morgan fingerprint density at radius 3 is 2.27 bits per heavy atom. The van der Waals surface area contributed by atoms with E-state index in [1.807, 2.05) is 6.26 Å². The molecule has 120 valence electrons. The number of thioether (sulfide) groups is 1. The van der Waals surface area contributed by atoms with Gasteiger partial charge < -0.3 is 14.2 Å². The standard InChI is InChI=1S/C14H19N3O4S/c1-19-10-5-8(6-11(20-2)12(10)21-3)13-15-9(7-22-4)14(18)17-16-13/h5-6,9H,7H2,1-4H3,(H,15,16)(H,17,18). The van der Waals surface area contributed by atoms with Crippen LogP contribution in [-0.2, 0) is 4.79 Å². The van der Waals surface area contributed by atoms with E-state index in [9.17, 15) is 4.79 Å². The van der Waals surface area contributed by atoms with Crippen molar-refractivity contribution in [1.29, 1.82) is 0 Å². The molecule has 1 aliphatic rings. The second kappa shape index (κ2) is 7.26. The average Bonchev–Trinajstić information content (AvgIpc) is 2.55. The molecule has 0 radical (unpaired) electrons. The van der Waals surface area contributed by atoms with Crippen molar-refractivity contribution in [1.82, 2.24) is 10.9 Å². The van der Waals surface area contributed by atoms with Crippen LogP contribution in [0.3, 0.4) is 0 Å². The van der Waals surface area contributed by atoms with Crippen LogP contribution in [-0.4, -0.2) is 51.1 Å². The van der Waals surface area contributed by atoms with Crippen LogP contribution in [0.25, 0.3) is 0 Å². The Morgan fingerprint density at radius 2 is 1.77 bits per heavy atom. The maximum absolute atomic E-state index is 11.7. The summed E-state index contributed by atoms with van der Waals surface area (Å²) in [5.74, 6) is 2.58. The molecule has 0 fully saturated rings. The number of amides is 1. The maximum Gasteiger partial charge on any atom is 0.264 e. The first-order chi connectivity index (χ1) is 10.6. The first-order valence-corrected chi connectivity index (χ1v) is 7.97. The van der Waals surface area contributed by atoms with Crippen molar-refractivity contribution in [3.8, 4) is 17.2 Å². The molecule has 2 N–H and O–H groups in total. The van der Waals surface area contributed by atoms with E-state index in [0.29, 0.717) is 28.8 Å². The van der Waals surface area contributed by atoms with Gasteiger partial charge in [0.1, 0.15) is 11.9 Å². The van der Waals surface area contributed by atoms with Crippen LogP contribution in [0.2, 0.25) is 0 Å². The molecule has 1 heterocycles. The monoisotopic (exact) mass is 325 g/mol. The first-order valence-electron chi connectivity index (χ1n) is 6.57. The minimum atomic E-state index is -0.426. The third kappa shape index (κ3) is 3.22. The van der Waals surface area contributed by atoms with E-state index in [4.69, 9.17) is 14.2 Å². The van der Waals surface area contributed by atoms with E-state index in [1.165, 1.54) is 0 Å². The minimum Gasteiger partial charge on any atom is -0.493 e. The number of hydrazine groups is 1. The number of aliphatic imine (C=N–C) groups is 1. The second-order valence-corrected chi connectivity index (χ2v) is 5.39. The van der Waals surface area contributed by atoms with Crippen molar-refractivity contribution >= 4 is 23.5 Å². The van der Waals surface area contributed by atoms with E-state index in [-0.39, 0.29) is 5.91 Å². The molecule has 7 nitrogen and oxygen atoms in total. The summed E-state index contributed by atoms with van der Waals surface area (Å²) in [6.07, 6.45) is 1.93. The van der Waals surface area contributed by atoms with Crippen LogP contribution < -0.4 is 25.1 Å². The highest BCUT2D eigenvalue weighted by atomic mass is 32.2. The summed E-state index contributed by atoms with van der Waals surface area (Å²) in [4.78, 5) is 16.2. The van der Waals surface area contributed by atoms with E-state index in [0.717, 1.165) is 5.56 Å². The number of hydrogen-bond donors (Lipinski definition) is 2. The molecular formula is C14H19N3O4S. The summed E-state index contributed by atoms with van der Waals surface area (Å²) >= 11 is 1.57. The lowest BCUT2D eigenvalue weighted by Gasteiger charge is -2.23. The fourth-order valence-electron chi connectivity index (χ4n) is 2.09. The zero-order valence-electron chi connectivity index (χ0n) is 12.9. The lowest BCUT2D eigenvalue weighted by molar-refractivity contribution is -0.122. The Hall–Kier alpha value is -2.09. The number of nitrogens with one attached hydrogen (secondary N) is 2. The van der Waals surface area contributed by atoms with E-state index >= 15 is 0 Å². The van der Waals surface area contributed by atoms with Gasteiger partial charge in [0.25, 0.3) is 5.91 Å². The highest BCUT2D eigenvalue weighted by Gasteiger charge is 2.24. The van der Waals surface area contributed by atoms with Crippen LogP contribution in [0.4, 0.5) is 0 Å². The summed E-state index contributed by atoms with van der Waals surface area (Å²) < 4.78 is 15.9. The molecular weight excluding hydrogens is 306 g/mol. The van der Waals surface area contributed by atoms with Gasteiger partial charge in [0.15, 0.2) is 11.5 Å². The number of nitrogens with zero attached hydrogens (tertiary/aromatic N) is 1. The van der Waals surface area contributed by atoms with Crippen molar-refractivity contribution in [2.24, 2.45) is 4.99 Å². The van der Waals surface area contributed by atoms with Crippen molar-refractivity contribution in [2.45, 2.75) is 6.04 Å². The SMILES string of the molecule is COc1cc(C2=NC(CSC)C(=O)NN2)cc(OC)c1OC. The zero-order chi connectivity index (χ0) is 16.1. The summed E-state index contributed by atoms with van der Waals surface area (Å²) in [6, 6.07) is 3.13. The summed E-state index contributed by atoms with van der Waals surface area (Å²) in [5, 5.41) is 0. The Morgan fingerprint density at radius 1 is 1.14 bits per heavy atom. The lowest BCUT2D eigenvalue weighted by Crippen LogP contribution is -2.52. The van der Waals surface area contributed by atoms with Gasteiger partial charge in [-0.3, -0.25) is 20.6 Å². The number of carbonyl (C=O) groups is 1. The highest BCUT2D eigenvalue weighted by Crippen LogP contribution is 2.38. The smallest absolute Gasteiger partial charge is 0.264 e. The molecule has 1 aliphatic heterocycles. The number of rotatable bonds is 6. The third-order valence-corrected chi connectivity index (χ3v) is 3.80. The molecule has 0 spiro atoms. The normalized spacial score (nSPS) is 17.2. The van der Waals surface area contributed by atoms with E-state index in [2.05, 4.69) is 15.8 Å². The molecule has 1 aromatic carbocycles. The van der Waals surface area contributed by atoms with E-state index < -0.39 is 6.04 Å². The van der Waals surface area contributed by atoms with Crippen molar-refractivity contribution in [2.75, 3.05) is 33.3 Å². The van der Waals surface area contributed by atoms with Gasteiger partial charge in [0.2, 0.25) is 5.75 Å². The largest absolute Gasteiger partial charge is 0.493 e. The van der Waals surface area contributed by atoms with Gasteiger partial charge in [-0.2, -0.15) is 11.8 Å². The molecule has 0 saturated heterocycles. The highest BCUT2D eigenvalue weighted by molar-refractivity contribution is 7.98. The number of amidine groups is 1. The summed E-state index contributed by atoms with van der Waals surface area (Å²) in [5.41, 5.74) is 6.16. The Labute approximate surface area is 133 Å². The average molecular weight is 325 g/mol. The third-order valence-electron chi connectivity index (χ3n) is 3.15. The van der Waals surface area contributed by atoms with Crippen molar-refractivity contribution in [3.05, 3.63) is 17.7 Å². The summed E-state index contributed by atoms with van der Waals surface area (Å²) in [7, 11) is 4.65. The quantitative estimate of drug-likeness (QED) is 0.806. The van der Waals surface area contributed by atoms with Gasteiger partial charge >= 0.3 is 0 Å². The topological polar surface area (TPSA) is 81.2 Å². The molecule has 0 aliphatic carbocycles. The molecule has 8 heteroatoms. The fraction of sp³-hybridized carbons (Fsp3) is 0.429. The number of ether oxygens (including phenoxy) is 3. The van der Waals surface area contributed by atoms with Gasteiger partial charge in [-0.15, -0.1) is 0 Å². The molecule has 0 bridgehead atoms. The molecule has 1 amide bonds. The molecule has 0 aromatic heterocycles. The molecule has 2 rings (SSSR count). The van der Waals surface area contributed by atoms with Crippen LogP contribution in [0.5, 0.6) is 17.2 Å². The number of methoxy groups -OCH3 is 3. The van der Waals surface area contributed by atoms with Gasteiger partial charge in [0.05, 0.1) is 21.3 Å². The fourth-order valence-corrected chi connectivity index (χ4v) is 2.63. The second-order valence-electron chi connectivity index (χ2n) is 4.48. The van der Waals surface area contributed by atoms with Gasteiger partial charge in [0, 0.05) is 11.3 Å². The molecule has 0 saturated carbocycles. The van der Waals surface area contributed by atoms with Crippen LogP contribution in [0, 0.1) is 0 Å². The van der Waals surface area contributed by atoms with E-state index in [1.54, 1.807) is 45.2 Å². The van der Waals surface area contributed by atoms with Gasteiger partial charge in [-0.1, -0.05) is 0 Å². The Bertz CT molecular complexity index is 566. The maximum atomic E-state index is 11.7. The molecule has 1 unspecified atom stereocenters. The van der Waals surface area contributed by atoms with Crippen LogP contribution in [0.1, 0.15) is 5.56 Å². The number of carbonyl (C=O) groups excluding carboxylic acids is 1.